The number of carbonyl (C=O) groups is 1. The lowest BCUT2D eigenvalue weighted by atomic mass is 10.2. The van der Waals surface area contributed by atoms with Gasteiger partial charge in [0, 0.05) is 31.1 Å². The van der Waals surface area contributed by atoms with Crippen molar-refractivity contribution in [3.8, 4) is 5.88 Å². The predicted octanol–water partition coefficient (Wildman–Crippen LogP) is 3.60. The van der Waals surface area contributed by atoms with Crippen molar-refractivity contribution in [2.75, 3.05) is 18.4 Å². The summed E-state index contributed by atoms with van der Waals surface area (Å²) >= 11 is 5.84. The molecule has 1 atom stereocenters. The zero-order valence-electron chi connectivity index (χ0n) is 16.0. The molecule has 0 saturated carbocycles. The molecule has 1 aliphatic rings. The van der Waals surface area contributed by atoms with Crippen LogP contribution in [0.2, 0.25) is 5.02 Å². The van der Waals surface area contributed by atoms with Crippen LogP contribution in [0.5, 0.6) is 5.88 Å². The number of rotatable bonds is 6. The number of likely N-dealkylation sites (tertiary alicyclic amines) is 1. The number of carbonyl (C=O) groups excluding carboxylic acids is 1. The largest absolute Gasteiger partial charge is 0.472 e. The molecule has 30 heavy (non-hydrogen) atoms. The normalized spacial score (nSPS) is 15.9. The number of aromatic nitrogens is 3. The van der Waals surface area contributed by atoms with E-state index in [1.165, 1.54) is 18.5 Å². The molecule has 0 unspecified atom stereocenters. The minimum atomic E-state index is -0.470. The number of hydrogen-bond donors (Lipinski definition) is 1. The highest BCUT2D eigenvalue weighted by Gasteiger charge is 2.26. The van der Waals surface area contributed by atoms with Gasteiger partial charge in [-0.2, -0.15) is 0 Å². The lowest BCUT2D eigenvalue weighted by Crippen LogP contribution is -2.29. The molecule has 1 fully saturated rings. The van der Waals surface area contributed by atoms with Gasteiger partial charge in [0.05, 0.1) is 17.1 Å². The maximum absolute atomic E-state index is 14.1. The van der Waals surface area contributed by atoms with Crippen LogP contribution in [0.1, 0.15) is 12.0 Å². The summed E-state index contributed by atoms with van der Waals surface area (Å²) in [4.78, 5) is 26.4. The molecule has 2 aromatic heterocycles. The quantitative estimate of drug-likeness (QED) is 0.605. The molecule has 3 aromatic rings. The van der Waals surface area contributed by atoms with Crippen LogP contribution in [0, 0.1) is 5.82 Å². The number of hydrogen-bond acceptors (Lipinski definition) is 6. The van der Waals surface area contributed by atoms with Crippen molar-refractivity contribution in [1.82, 2.24) is 19.9 Å². The second-order valence-corrected chi connectivity index (χ2v) is 7.23. The first-order chi connectivity index (χ1) is 14.5. The van der Waals surface area contributed by atoms with E-state index in [1.807, 2.05) is 0 Å². The van der Waals surface area contributed by atoms with Gasteiger partial charge in [0.1, 0.15) is 23.8 Å². The summed E-state index contributed by atoms with van der Waals surface area (Å²) in [6, 6.07) is 8.35. The number of anilines is 1. The summed E-state index contributed by atoms with van der Waals surface area (Å²) in [5.74, 6) is 0.287. The molecule has 7 nitrogen and oxygen atoms in total. The molecular weight excluding hydrogens is 409 g/mol. The SMILES string of the molecule is C=CC(=O)N1CC[C@H](Oc2ccc3ncnc(NCc4cccc(Cl)c4F)c3n2)C1. The fraction of sp³-hybridized carbons (Fsp3) is 0.238. The Morgan fingerprint density at radius 3 is 3.07 bits per heavy atom. The molecule has 0 radical (unpaired) electrons. The Hall–Kier alpha value is -3.26. The van der Waals surface area contributed by atoms with Crippen LogP contribution in [-0.4, -0.2) is 45.0 Å². The average Bonchev–Trinajstić information content (AvgIpc) is 3.22. The third-order valence-corrected chi connectivity index (χ3v) is 5.14. The third-order valence-electron chi connectivity index (χ3n) is 4.85. The van der Waals surface area contributed by atoms with E-state index >= 15 is 0 Å². The standard InChI is InChI=1S/C21H19ClFN5O2/c1-2-18(29)28-9-8-14(11-28)30-17-7-6-16-20(27-17)21(26-12-25-16)24-10-13-4-3-5-15(22)19(13)23/h2-7,12,14H,1,8-11H2,(H,24,25,26)/t14-/m0/s1. The van der Waals surface area contributed by atoms with Crippen molar-refractivity contribution >= 4 is 34.4 Å². The molecular formula is C21H19ClFN5O2. The van der Waals surface area contributed by atoms with E-state index in [2.05, 4.69) is 26.8 Å². The Kier molecular flexibility index (Phi) is 5.76. The van der Waals surface area contributed by atoms with Gasteiger partial charge in [-0.15, -0.1) is 0 Å². The fourth-order valence-electron chi connectivity index (χ4n) is 3.31. The van der Waals surface area contributed by atoms with Gasteiger partial charge in [0.15, 0.2) is 5.82 Å². The predicted molar refractivity (Wildman–Crippen MR) is 112 cm³/mol. The summed E-state index contributed by atoms with van der Waals surface area (Å²) < 4.78 is 20.1. The Balaban J connectivity index is 1.51. The van der Waals surface area contributed by atoms with Crippen molar-refractivity contribution in [3.05, 3.63) is 65.7 Å². The first kappa shape index (κ1) is 20.0. The van der Waals surface area contributed by atoms with Crippen molar-refractivity contribution < 1.29 is 13.9 Å². The summed E-state index contributed by atoms with van der Waals surface area (Å²) in [7, 11) is 0. The van der Waals surface area contributed by atoms with Gasteiger partial charge in [-0.1, -0.05) is 30.3 Å². The van der Waals surface area contributed by atoms with E-state index in [4.69, 9.17) is 16.3 Å². The van der Waals surface area contributed by atoms with Crippen molar-refractivity contribution in [3.63, 3.8) is 0 Å². The number of nitrogens with one attached hydrogen (secondary N) is 1. The van der Waals surface area contributed by atoms with Crippen molar-refractivity contribution in [2.24, 2.45) is 0 Å². The van der Waals surface area contributed by atoms with E-state index < -0.39 is 5.82 Å². The van der Waals surface area contributed by atoms with Crippen molar-refractivity contribution in [1.29, 1.82) is 0 Å². The Bertz CT molecular complexity index is 1110. The summed E-state index contributed by atoms with van der Waals surface area (Å²) in [5, 5.41) is 3.16. The van der Waals surface area contributed by atoms with E-state index in [-0.39, 0.29) is 23.6 Å². The molecule has 1 aliphatic heterocycles. The number of benzene rings is 1. The molecule has 1 aromatic carbocycles. The van der Waals surface area contributed by atoms with Gasteiger partial charge in [0.25, 0.3) is 0 Å². The first-order valence-corrected chi connectivity index (χ1v) is 9.79. The molecule has 0 bridgehead atoms. The fourth-order valence-corrected chi connectivity index (χ4v) is 3.50. The van der Waals surface area contributed by atoms with Crippen LogP contribution in [0.15, 0.2) is 49.3 Å². The summed E-state index contributed by atoms with van der Waals surface area (Å²) in [6.45, 7) is 4.80. The number of pyridine rings is 1. The second-order valence-electron chi connectivity index (χ2n) is 6.82. The Morgan fingerprint density at radius 1 is 1.37 bits per heavy atom. The highest BCUT2D eigenvalue weighted by Crippen LogP contribution is 2.24. The van der Waals surface area contributed by atoms with Crippen LogP contribution in [0.4, 0.5) is 10.2 Å². The van der Waals surface area contributed by atoms with Crippen molar-refractivity contribution in [2.45, 2.75) is 19.1 Å². The maximum Gasteiger partial charge on any atom is 0.246 e. The van der Waals surface area contributed by atoms with Crippen LogP contribution >= 0.6 is 11.6 Å². The molecule has 0 aliphatic carbocycles. The average molecular weight is 428 g/mol. The molecule has 0 spiro atoms. The monoisotopic (exact) mass is 427 g/mol. The highest BCUT2D eigenvalue weighted by atomic mass is 35.5. The molecule has 3 heterocycles. The summed E-state index contributed by atoms with van der Waals surface area (Å²) in [5.41, 5.74) is 1.55. The van der Waals surface area contributed by atoms with Crippen LogP contribution in [0.3, 0.4) is 0 Å². The van der Waals surface area contributed by atoms with Gasteiger partial charge >= 0.3 is 0 Å². The number of fused-ring (bicyclic) bond motifs is 1. The second kappa shape index (κ2) is 8.62. The smallest absolute Gasteiger partial charge is 0.246 e. The van der Waals surface area contributed by atoms with E-state index in [9.17, 15) is 9.18 Å². The van der Waals surface area contributed by atoms with Gasteiger partial charge in [-0.25, -0.2) is 19.3 Å². The Morgan fingerprint density at radius 2 is 2.23 bits per heavy atom. The Labute approximate surface area is 177 Å². The van der Waals surface area contributed by atoms with Crippen LogP contribution in [0.25, 0.3) is 11.0 Å². The molecule has 1 saturated heterocycles. The zero-order valence-corrected chi connectivity index (χ0v) is 16.8. The van der Waals surface area contributed by atoms with Crippen LogP contribution < -0.4 is 10.1 Å². The first-order valence-electron chi connectivity index (χ1n) is 9.41. The van der Waals surface area contributed by atoms with E-state index in [0.29, 0.717) is 47.8 Å². The third kappa shape index (κ3) is 4.18. The van der Waals surface area contributed by atoms with Gasteiger partial charge in [-0.05, 0) is 18.2 Å². The number of nitrogens with zero attached hydrogens (tertiary/aromatic N) is 4. The number of halogens is 2. The molecule has 9 heteroatoms. The molecule has 1 N–H and O–H groups in total. The molecule has 1 amide bonds. The lowest BCUT2D eigenvalue weighted by molar-refractivity contribution is -0.125. The van der Waals surface area contributed by atoms with E-state index in [1.54, 1.807) is 29.2 Å². The number of amides is 1. The molecule has 4 rings (SSSR count). The van der Waals surface area contributed by atoms with Gasteiger partial charge in [0.2, 0.25) is 11.8 Å². The van der Waals surface area contributed by atoms with Crippen LogP contribution in [-0.2, 0) is 11.3 Å². The molecule has 154 valence electrons. The van der Waals surface area contributed by atoms with Gasteiger partial charge in [-0.3, -0.25) is 4.79 Å². The minimum Gasteiger partial charge on any atom is -0.472 e. The lowest BCUT2D eigenvalue weighted by Gasteiger charge is -2.15. The topological polar surface area (TPSA) is 80.2 Å². The summed E-state index contributed by atoms with van der Waals surface area (Å²) in [6.07, 6.45) is 3.27. The van der Waals surface area contributed by atoms with Gasteiger partial charge < -0.3 is 15.0 Å². The maximum atomic E-state index is 14.1. The number of ether oxygens (including phenoxy) is 1. The zero-order chi connectivity index (χ0) is 21.1. The van der Waals surface area contributed by atoms with E-state index in [0.717, 1.165) is 0 Å². The highest BCUT2D eigenvalue weighted by molar-refractivity contribution is 6.30. The minimum absolute atomic E-state index is 0.0659.